The van der Waals surface area contributed by atoms with Gasteiger partial charge in [0.1, 0.15) is 6.10 Å². The summed E-state index contributed by atoms with van der Waals surface area (Å²) in [6, 6.07) is 9.96. The summed E-state index contributed by atoms with van der Waals surface area (Å²) in [5.74, 6) is 2.67. The highest BCUT2D eigenvalue weighted by molar-refractivity contribution is 5.89. The van der Waals surface area contributed by atoms with Crippen molar-refractivity contribution in [1.29, 1.82) is 0 Å². The summed E-state index contributed by atoms with van der Waals surface area (Å²) < 4.78 is 6.03. The van der Waals surface area contributed by atoms with Gasteiger partial charge in [0.2, 0.25) is 0 Å². The largest absolute Gasteiger partial charge is 0.444 e. The van der Waals surface area contributed by atoms with Crippen molar-refractivity contribution in [1.82, 2.24) is 0 Å². The lowest BCUT2D eigenvalue weighted by atomic mass is 9.47. The molecule has 32 heavy (non-hydrogen) atoms. The maximum absolute atomic E-state index is 12.7. The molecule has 8 atom stereocenters. The van der Waals surface area contributed by atoms with Gasteiger partial charge in [-0.2, -0.15) is 0 Å². The van der Waals surface area contributed by atoms with Gasteiger partial charge in [0.25, 0.3) is 0 Å². The van der Waals surface area contributed by atoms with E-state index in [-0.39, 0.29) is 29.1 Å². The number of anilines is 1. The molecule has 1 aromatic carbocycles. The summed E-state index contributed by atoms with van der Waals surface area (Å²) in [7, 11) is 0. The molecule has 1 heterocycles. The van der Waals surface area contributed by atoms with Crippen molar-refractivity contribution in [3.63, 3.8) is 0 Å². The van der Waals surface area contributed by atoms with Crippen molar-refractivity contribution in [2.75, 3.05) is 11.4 Å². The monoisotopic (exact) mass is 435 g/mol. The van der Waals surface area contributed by atoms with Crippen LogP contribution in [-0.2, 0) is 4.74 Å². The first-order valence-electron chi connectivity index (χ1n) is 12.8. The molecule has 1 N–H and O–H groups in total. The van der Waals surface area contributed by atoms with Gasteiger partial charge in [-0.15, -0.1) is 0 Å². The minimum absolute atomic E-state index is 0.00404. The standard InChI is InChI=1S/C28H37NO3/c1-27-14-12-20(30)16-18(27)8-9-21-22-10-11-24(28(22,2)15-13-23(21)27)25-17-29(26(31)32-25)19-6-4-3-5-7-19/h3-8,20-25,30H,9-17H2,1-2H3/t20-,21?,22?,23?,24+,25?,27-,28-/m0/s1. The fourth-order valence-electron chi connectivity index (χ4n) is 8.81. The zero-order valence-electron chi connectivity index (χ0n) is 19.5. The number of cyclic esters (lactones) is 1. The number of ether oxygens (including phenoxy) is 1. The number of hydrogen-bond donors (Lipinski definition) is 1. The first-order chi connectivity index (χ1) is 15.4. The Morgan fingerprint density at radius 1 is 1.00 bits per heavy atom. The van der Waals surface area contributed by atoms with Crippen LogP contribution in [0.5, 0.6) is 0 Å². The number of hydrogen-bond acceptors (Lipinski definition) is 3. The molecule has 1 aliphatic heterocycles. The number of nitrogens with zero attached hydrogens (tertiary/aromatic N) is 1. The molecule has 0 bridgehead atoms. The van der Waals surface area contributed by atoms with Crippen LogP contribution in [-0.4, -0.2) is 30.0 Å². The van der Waals surface area contributed by atoms with E-state index in [1.807, 2.05) is 35.2 Å². The molecule has 4 unspecified atom stereocenters. The van der Waals surface area contributed by atoms with Crippen LogP contribution >= 0.6 is 0 Å². The second-order valence-electron chi connectivity index (χ2n) is 11.8. The van der Waals surface area contributed by atoms with Crippen LogP contribution in [0.1, 0.15) is 65.2 Å². The number of amides is 1. The fourth-order valence-corrected chi connectivity index (χ4v) is 8.81. The van der Waals surface area contributed by atoms with Gasteiger partial charge in [0.05, 0.1) is 12.6 Å². The van der Waals surface area contributed by atoms with Crippen LogP contribution < -0.4 is 4.90 Å². The highest BCUT2D eigenvalue weighted by Crippen LogP contribution is 2.67. The number of carbonyl (C=O) groups is 1. The van der Waals surface area contributed by atoms with Crippen molar-refractivity contribution in [2.24, 2.45) is 34.5 Å². The third kappa shape index (κ3) is 2.94. The molecule has 1 saturated heterocycles. The van der Waals surface area contributed by atoms with E-state index >= 15 is 0 Å². The molecule has 1 amide bonds. The maximum Gasteiger partial charge on any atom is 0.414 e. The molecular weight excluding hydrogens is 398 g/mol. The van der Waals surface area contributed by atoms with Crippen molar-refractivity contribution >= 4 is 11.8 Å². The molecule has 4 nitrogen and oxygen atoms in total. The number of aliphatic hydroxyl groups excluding tert-OH is 1. The smallest absolute Gasteiger partial charge is 0.414 e. The number of carbonyl (C=O) groups excluding carboxylic acids is 1. The quantitative estimate of drug-likeness (QED) is 0.584. The molecule has 6 rings (SSSR count). The van der Waals surface area contributed by atoms with Crippen molar-refractivity contribution < 1.29 is 14.6 Å². The van der Waals surface area contributed by atoms with Gasteiger partial charge >= 0.3 is 6.09 Å². The lowest BCUT2D eigenvalue weighted by Crippen LogP contribution is -2.51. The van der Waals surface area contributed by atoms with E-state index in [9.17, 15) is 9.90 Å². The Balaban J connectivity index is 1.24. The number of para-hydroxylation sites is 1. The zero-order chi connectivity index (χ0) is 22.1. The lowest BCUT2D eigenvalue weighted by Gasteiger charge is -2.58. The van der Waals surface area contributed by atoms with Crippen molar-refractivity contribution in [3.05, 3.63) is 42.0 Å². The minimum atomic E-state index is -0.180. The van der Waals surface area contributed by atoms with E-state index in [1.165, 1.54) is 32.1 Å². The fraction of sp³-hybridized carbons (Fsp3) is 0.679. The third-order valence-electron chi connectivity index (χ3n) is 10.5. The number of aliphatic hydroxyl groups is 1. The Morgan fingerprint density at radius 2 is 1.78 bits per heavy atom. The van der Waals surface area contributed by atoms with Crippen LogP contribution in [0.4, 0.5) is 10.5 Å². The number of rotatable bonds is 2. The van der Waals surface area contributed by atoms with Crippen molar-refractivity contribution in [3.8, 4) is 0 Å². The van der Waals surface area contributed by atoms with Gasteiger partial charge in [-0.05, 0) is 92.1 Å². The molecule has 4 heteroatoms. The van der Waals surface area contributed by atoms with Gasteiger partial charge in [0.15, 0.2) is 0 Å². The predicted molar refractivity (Wildman–Crippen MR) is 125 cm³/mol. The molecule has 1 aromatic rings. The summed E-state index contributed by atoms with van der Waals surface area (Å²) in [4.78, 5) is 14.6. The zero-order valence-corrected chi connectivity index (χ0v) is 19.5. The van der Waals surface area contributed by atoms with Crippen LogP contribution in [0.2, 0.25) is 0 Å². The topological polar surface area (TPSA) is 49.8 Å². The van der Waals surface area contributed by atoms with E-state index in [1.54, 1.807) is 5.57 Å². The average molecular weight is 436 g/mol. The average Bonchev–Trinajstić information content (AvgIpc) is 3.34. The van der Waals surface area contributed by atoms with Gasteiger partial charge in [-0.1, -0.05) is 43.7 Å². The highest BCUT2D eigenvalue weighted by atomic mass is 16.6. The Labute approximate surface area is 192 Å². The van der Waals surface area contributed by atoms with E-state index < -0.39 is 0 Å². The predicted octanol–water partition coefficient (Wildman–Crippen LogP) is 5.95. The highest BCUT2D eigenvalue weighted by Gasteiger charge is 2.61. The lowest BCUT2D eigenvalue weighted by molar-refractivity contribution is -0.0657. The number of fused-ring (bicyclic) bond motifs is 5. The molecule has 0 spiro atoms. The normalized spacial score (nSPS) is 45.5. The molecule has 4 aliphatic carbocycles. The summed E-state index contributed by atoms with van der Waals surface area (Å²) in [6.07, 6.45) is 11.3. The van der Waals surface area contributed by atoms with E-state index in [0.29, 0.717) is 12.5 Å². The Hall–Kier alpha value is -1.81. The third-order valence-corrected chi connectivity index (χ3v) is 10.5. The van der Waals surface area contributed by atoms with Crippen molar-refractivity contribution in [2.45, 2.75) is 77.4 Å². The SMILES string of the molecule is C[C@]12CC[C@H](O)CC1=CCC1C2CC[C@@]2(C)C1CC[C@@H]2C1CN(c2ccccc2)C(=O)O1. The molecule has 0 aromatic heterocycles. The van der Waals surface area contributed by atoms with Crippen LogP contribution in [0.15, 0.2) is 42.0 Å². The molecule has 172 valence electrons. The Morgan fingerprint density at radius 3 is 2.59 bits per heavy atom. The minimum Gasteiger partial charge on any atom is -0.444 e. The summed E-state index contributed by atoms with van der Waals surface area (Å²) >= 11 is 0. The second kappa shape index (κ2) is 7.35. The van der Waals surface area contributed by atoms with E-state index in [0.717, 1.165) is 42.7 Å². The maximum atomic E-state index is 12.7. The number of benzene rings is 1. The van der Waals surface area contributed by atoms with Gasteiger partial charge in [-0.25, -0.2) is 4.79 Å². The summed E-state index contributed by atoms with van der Waals surface area (Å²) in [6.45, 7) is 5.69. The molecule has 3 saturated carbocycles. The second-order valence-corrected chi connectivity index (χ2v) is 11.8. The van der Waals surface area contributed by atoms with Gasteiger partial charge in [0, 0.05) is 11.6 Å². The summed E-state index contributed by atoms with van der Waals surface area (Å²) in [5.41, 5.74) is 3.03. The van der Waals surface area contributed by atoms with Crippen LogP contribution in [0.3, 0.4) is 0 Å². The molecular formula is C28H37NO3. The van der Waals surface area contributed by atoms with Gasteiger partial charge < -0.3 is 9.84 Å². The Bertz CT molecular complexity index is 928. The van der Waals surface area contributed by atoms with E-state index in [4.69, 9.17) is 4.74 Å². The first kappa shape index (κ1) is 20.8. The van der Waals surface area contributed by atoms with Crippen LogP contribution in [0, 0.1) is 34.5 Å². The number of allylic oxidation sites excluding steroid dienone is 1. The van der Waals surface area contributed by atoms with E-state index in [2.05, 4.69) is 19.9 Å². The summed E-state index contributed by atoms with van der Waals surface area (Å²) in [5, 5.41) is 10.2. The molecule has 5 aliphatic rings. The molecule has 4 fully saturated rings. The van der Waals surface area contributed by atoms with Crippen LogP contribution in [0.25, 0.3) is 0 Å². The first-order valence-corrected chi connectivity index (χ1v) is 12.8. The van der Waals surface area contributed by atoms with Gasteiger partial charge in [-0.3, -0.25) is 4.90 Å². The molecule has 0 radical (unpaired) electrons. The Kier molecular flexibility index (Phi) is 4.77.